The number of hydrogen-bond acceptors (Lipinski definition) is 12. The monoisotopic (exact) mass is 972 g/mol. The number of benzene rings is 2. The van der Waals surface area contributed by atoms with Crippen molar-refractivity contribution in [2.75, 3.05) is 26.4 Å². The molecule has 2 heterocycles. The van der Waals surface area contributed by atoms with Gasteiger partial charge in [0.05, 0.1) is 79.8 Å². The van der Waals surface area contributed by atoms with E-state index in [0.29, 0.717) is 77.8 Å². The highest BCUT2D eigenvalue weighted by Gasteiger charge is 2.53. The zero-order valence-electron chi connectivity index (χ0n) is 35.6. The van der Waals surface area contributed by atoms with Gasteiger partial charge in [0.2, 0.25) is 11.8 Å². The summed E-state index contributed by atoms with van der Waals surface area (Å²) >= 11 is 0. The van der Waals surface area contributed by atoms with Gasteiger partial charge in [0.1, 0.15) is 11.1 Å². The zero-order chi connectivity index (χ0) is 47.7. The third-order valence-electron chi connectivity index (χ3n) is 13.2. The lowest BCUT2D eigenvalue weighted by atomic mass is 10.0. The number of carbonyl (C=O) groups is 2. The fraction of sp³-hybridized carbons (Fsp3) is 0.636. The summed E-state index contributed by atoms with van der Waals surface area (Å²) in [5.41, 5.74) is -4.33. The quantitative estimate of drug-likeness (QED) is 0.235. The van der Waals surface area contributed by atoms with Crippen LogP contribution in [0.15, 0.2) is 58.3 Å². The van der Waals surface area contributed by atoms with Crippen molar-refractivity contribution < 1.29 is 71.7 Å². The number of halogens is 6. The molecule has 2 N–H and O–H groups in total. The molecule has 2 aromatic carbocycles. The van der Waals surface area contributed by atoms with Gasteiger partial charge in [-0.1, -0.05) is 24.3 Å². The zero-order valence-corrected chi connectivity index (χ0v) is 37.2. The molecule has 0 unspecified atom stereocenters. The van der Waals surface area contributed by atoms with Gasteiger partial charge in [-0.05, 0) is 101 Å². The minimum atomic E-state index is -4.83. The molecule has 22 heteroatoms. The van der Waals surface area contributed by atoms with E-state index < -0.39 is 110 Å². The first kappa shape index (κ1) is 49.6. The largest absolute Gasteiger partial charge is 0.417 e. The lowest BCUT2D eigenvalue weighted by Crippen LogP contribution is -2.43. The number of carbonyl (C=O) groups excluding carboxylic acids is 2. The Balaban J connectivity index is 0.000000196. The number of nitriles is 2. The second-order valence-electron chi connectivity index (χ2n) is 17.8. The normalized spacial score (nSPS) is 27.6. The molecule has 6 aliphatic rings. The van der Waals surface area contributed by atoms with Crippen molar-refractivity contribution in [3.63, 3.8) is 0 Å². The average molecular weight is 973 g/mol. The van der Waals surface area contributed by atoms with Gasteiger partial charge in [0.15, 0.2) is 19.7 Å². The minimum Gasteiger partial charge on any atom is -0.381 e. The van der Waals surface area contributed by atoms with E-state index in [-0.39, 0.29) is 37.9 Å². The van der Waals surface area contributed by atoms with Gasteiger partial charge in [-0.2, -0.15) is 36.9 Å². The average Bonchev–Trinajstić information content (AvgIpc) is 4.15. The Bertz CT molecular complexity index is 2250. The molecule has 66 heavy (non-hydrogen) atoms. The molecule has 2 amide bonds. The summed E-state index contributed by atoms with van der Waals surface area (Å²) in [7, 11) is -8.79. The molecule has 0 radical (unpaired) electrons. The van der Waals surface area contributed by atoms with Gasteiger partial charge in [-0.15, -0.1) is 0 Å². The van der Waals surface area contributed by atoms with Gasteiger partial charge in [-0.25, -0.2) is 16.8 Å². The molecule has 0 aromatic heterocycles. The van der Waals surface area contributed by atoms with Crippen LogP contribution in [0.3, 0.4) is 0 Å². The summed E-state index contributed by atoms with van der Waals surface area (Å²) in [6, 6.07) is 12.3. The van der Waals surface area contributed by atoms with E-state index in [9.17, 15) is 63.3 Å². The third-order valence-corrected chi connectivity index (χ3v) is 17.7. The molecule has 0 spiro atoms. The van der Waals surface area contributed by atoms with E-state index in [2.05, 4.69) is 22.8 Å². The molecule has 360 valence electrons. The van der Waals surface area contributed by atoms with Crippen LogP contribution in [-0.4, -0.2) is 101 Å². The Labute approximate surface area is 378 Å². The van der Waals surface area contributed by atoms with Gasteiger partial charge < -0.3 is 29.6 Å². The van der Waals surface area contributed by atoms with E-state index in [1.807, 2.05) is 0 Å². The van der Waals surface area contributed by atoms with Gasteiger partial charge >= 0.3 is 12.4 Å². The molecule has 2 aliphatic heterocycles. The standard InChI is InChI=1S/2C22H25F3N2O5S/c2*23-22(24,25)17-3-1-2-4-19(17)33(29,30)15-11-16(20(28)27-21(13-26)7-8-21)18(12-15)32-14-5-9-31-10-6-14/h2*1-4,14-16,18H,5-12H2,(H,27,28)/t2*15-,16-,18-/m10/s1. The topological polar surface area (TPSA) is 211 Å². The predicted molar refractivity (Wildman–Crippen MR) is 219 cm³/mol. The smallest absolute Gasteiger partial charge is 0.381 e. The van der Waals surface area contributed by atoms with Crippen LogP contribution in [0.1, 0.15) is 88.2 Å². The highest BCUT2D eigenvalue weighted by atomic mass is 32.2. The summed E-state index contributed by atoms with van der Waals surface area (Å²) in [4.78, 5) is 24.4. The highest BCUT2D eigenvalue weighted by molar-refractivity contribution is 7.92. The van der Waals surface area contributed by atoms with Crippen molar-refractivity contribution in [2.45, 2.75) is 145 Å². The van der Waals surface area contributed by atoms with Crippen LogP contribution in [0.2, 0.25) is 0 Å². The Morgan fingerprint density at radius 2 is 0.924 bits per heavy atom. The Morgan fingerprint density at radius 1 is 0.591 bits per heavy atom. The number of ether oxygens (including phenoxy) is 4. The Kier molecular flexibility index (Phi) is 14.5. The Hall–Kier alpha value is -4.32. The van der Waals surface area contributed by atoms with Crippen molar-refractivity contribution in [1.29, 1.82) is 10.5 Å². The molecule has 2 saturated heterocycles. The second kappa shape index (κ2) is 19.4. The summed E-state index contributed by atoms with van der Waals surface area (Å²) in [6.07, 6.45) is -7.83. The number of rotatable bonds is 12. The molecule has 4 aliphatic carbocycles. The lowest BCUT2D eigenvalue weighted by Gasteiger charge is -2.28. The summed E-state index contributed by atoms with van der Waals surface area (Å²) in [5, 5.41) is 21.6. The van der Waals surface area contributed by atoms with Gasteiger partial charge in [0.25, 0.3) is 0 Å². The first-order valence-corrected chi connectivity index (χ1v) is 24.9. The molecule has 14 nitrogen and oxygen atoms in total. The van der Waals surface area contributed by atoms with Crippen LogP contribution in [0.25, 0.3) is 0 Å². The molecule has 8 rings (SSSR count). The summed E-state index contributed by atoms with van der Waals surface area (Å²) < 4.78 is 157. The molecule has 0 bridgehead atoms. The van der Waals surface area contributed by atoms with Crippen LogP contribution in [0, 0.1) is 34.5 Å². The molecule has 6 fully saturated rings. The van der Waals surface area contributed by atoms with Crippen LogP contribution in [0.4, 0.5) is 26.3 Å². The van der Waals surface area contributed by atoms with Crippen molar-refractivity contribution in [3.8, 4) is 12.1 Å². The first-order chi connectivity index (χ1) is 31.1. The minimum absolute atomic E-state index is 0.0937. The van der Waals surface area contributed by atoms with Crippen molar-refractivity contribution in [3.05, 3.63) is 59.7 Å². The predicted octanol–water partition coefficient (Wildman–Crippen LogP) is 5.99. The number of amides is 2. The van der Waals surface area contributed by atoms with Crippen molar-refractivity contribution in [2.24, 2.45) is 11.8 Å². The fourth-order valence-electron chi connectivity index (χ4n) is 9.08. The molecule has 2 aromatic rings. The summed E-state index contributed by atoms with van der Waals surface area (Å²) in [5.74, 6) is -2.74. The van der Waals surface area contributed by atoms with Crippen molar-refractivity contribution >= 4 is 31.5 Å². The number of hydrogen-bond donors (Lipinski definition) is 2. The van der Waals surface area contributed by atoms with Crippen LogP contribution >= 0.6 is 0 Å². The van der Waals surface area contributed by atoms with E-state index >= 15 is 0 Å². The SMILES string of the molecule is N#CC1(NC(=O)[C@@H]2C[C@@H](S(=O)(=O)c3ccccc3C(F)(F)F)C[C@H]2OC2CCOCC2)CC1.N#CC1(NC(=O)[C@H]2C[C@H](S(=O)(=O)c3ccccc3C(F)(F)F)C[C@@H]2OC2CCOCC2)CC1. The number of nitrogens with zero attached hydrogens (tertiary/aromatic N) is 2. The highest BCUT2D eigenvalue weighted by Crippen LogP contribution is 2.45. The van der Waals surface area contributed by atoms with Gasteiger partial charge in [0, 0.05) is 26.4 Å². The van der Waals surface area contributed by atoms with Crippen LogP contribution < -0.4 is 10.6 Å². The Morgan fingerprint density at radius 3 is 1.23 bits per heavy atom. The van der Waals surface area contributed by atoms with Crippen LogP contribution in [-0.2, 0) is 60.6 Å². The van der Waals surface area contributed by atoms with E-state index in [0.717, 1.165) is 36.4 Å². The second-order valence-corrected chi connectivity index (χ2v) is 22.2. The maximum atomic E-state index is 13.5. The third kappa shape index (κ3) is 11.2. The van der Waals surface area contributed by atoms with E-state index in [1.165, 1.54) is 12.1 Å². The molecule has 4 saturated carbocycles. The number of sulfone groups is 2. The maximum absolute atomic E-state index is 13.5. The van der Waals surface area contributed by atoms with E-state index in [4.69, 9.17) is 18.9 Å². The molecular weight excluding hydrogens is 923 g/mol. The lowest BCUT2D eigenvalue weighted by molar-refractivity contribution is -0.140. The first-order valence-electron chi connectivity index (χ1n) is 21.8. The fourth-order valence-corrected chi connectivity index (χ4v) is 13.1. The molecular formula is C44H50F6N4O10S2. The summed E-state index contributed by atoms with van der Waals surface area (Å²) in [6.45, 7) is 1.91. The molecule has 6 atom stereocenters. The van der Waals surface area contributed by atoms with Gasteiger partial charge in [-0.3, -0.25) is 9.59 Å². The maximum Gasteiger partial charge on any atom is 0.417 e. The van der Waals surface area contributed by atoms with Crippen LogP contribution in [0.5, 0.6) is 0 Å². The van der Waals surface area contributed by atoms with E-state index in [1.54, 1.807) is 0 Å². The number of nitrogens with one attached hydrogen (secondary N) is 2. The number of alkyl halides is 6. The van der Waals surface area contributed by atoms with Crippen molar-refractivity contribution in [1.82, 2.24) is 10.6 Å².